The number of nitrogens with one attached hydrogen (secondary N) is 1. The highest BCUT2D eigenvalue weighted by Crippen LogP contribution is 1.82. The van der Waals surface area contributed by atoms with Gasteiger partial charge in [-0.15, -0.1) is 0 Å². The van der Waals surface area contributed by atoms with Crippen LogP contribution in [0.4, 0.5) is 4.39 Å². The normalized spacial score (nSPS) is 8.29. The second-order valence-electron chi connectivity index (χ2n) is 1.03. The summed E-state index contributed by atoms with van der Waals surface area (Å²) in [4.78, 5) is 0. The lowest BCUT2D eigenvalue weighted by Crippen LogP contribution is -1.98. The predicted octanol–water partition coefficient (Wildman–Crippen LogP) is 1.32. The van der Waals surface area contributed by atoms with E-state index in [1.165, 1.54) is 0 Å². The number of ether oxygens (including phenoxy) is 1. The molecule has 42 valence electrons. The SMILES string of the molecule is CCC(=N)OCF. The summed E-state index contributed by atoms with van der Waals surface area (Å²) in [7, 11) is 0. The van der Waals surface area contributed by atoms with Crippen LogP contribution in [0.3, 0.4) is 0 Å². The maximum absolute atomic E-state index is 11.1. The molecule has 7 heavy (non-hydrogen) atoms. The van der Waals surface area contributed by atoms with Crippen LogP contribution < -0.4 is 0 Å². The monoisotopic (exact) mass is 105 g/mol. The summed E-state index contributed by atoms with van der Waals surface area (Å²) in [6.45, 7) is 0.852. The molecule has 0 radical (unpaired) electrons. The van der Waals surface area contributed by atoms with Gasteiger partial charge in [-0.05, 0) is 0 Å². The molecule has 0 rings (SSSR count). The summed E-state index contributed by atoms with van der Waals surface area (Å²) >= 11 is 0. The van der Waals surface area contributed by atoms with E-state index in [1.54, 1.807) is 6.92 Å². The summed E-state index contributed by atoms with van der Waals surface area (Å²) in [5.74, 6) is 0.00231. The van der Waals surface area contributed by atoms with Crippen LogP contribution in [0.5, 0.6) is 0 Å². The summed E-state index contributed by atoms with van der Waals surface area (Å²) in [5.41, 5.74) is 0. The standard InChI is InChI=1S/C4H8FNO/c1-2-4(6)7-3-5/h6H,2-3H2,1H3. The van der Waals surface area contributed by atoms with Gasteiger partial charge in [-0.2, -0.15) is 0 Å². The van der Waals surface area contributed by atoms with E-state index in [1.807, 2.05) is 0 Å². The van der Waals surface area contributed by atoms with Crippen LogP contribution in [0.2, 0.25) is 0 Å². The van der Waals surface area contributed by atoms with Crippen LogP contribution in [0, 0.1) is 5.41 Å². The molecular formula is C4H8FNO. The lowest BCUT2D eigenvalue weighted by atomic mass is 10.5. The van der Waals surface area contributed by atoms with Gasteiger partial charge >= 0.3 is 0 Å². The minimum atomic E-state index is -0.882. The molecule has 0 aliphatic rings. The van der Waals surface area contributed by atoms with Crippen molar-refractivity contribution in [3.05, 3.63) is 0 Å². The number of hydrogen-bond donors (Lipinski definition) is 1. The Bertz CT molecular complexity index is 64.7. The highest BCUT2D eigenvalue weighted by atomic mass is 19.1. The third-order valence-corrected chi connectivity index (χ3v) is 0.550. The minimum absolute atomic E-state index is 0.00231. The second-order valence-corrected chi connectivity index (χ2v) is 1.03. The van der Waals surface area contributed by atoms with Crippen LogP contribution in [0.25, 0.3) is 0 Å². The molecule has 0 aromatic carbocycles. The van der Waals surface area contributed by atoms with Crippen LogP contribution in [-0.4, -0.2) is 12.8 Å². The van der Waals surface area contributed by atoms with Crippen molar-refractivity contribution in [2.24, 2.45) is 0 Å². The number of alkyl halides is 1. The Labute approximate surface area is 41.8 Å². The molecule has 0 amide bonds. The van der Waals surface area contributed by atoms with Gasteiger partial charge < -0.3 is 4.74 Å². The quantitative estimate of drug-likeness (QED) is 0.417. The lowest BCUT2D eigenvalue weighted by Gasteiger charge is -1.95. The molecule has 2 nitrogen and oxygen atoms in total. The van der Waals surface area contributed by atoms with Crippen LogP contribution >= 0.6 is 0 Å². The average molecular weight is 105 g/mol. The summed E-state index contributed by atoms with van der Waals surface area (Å²) < 4.78 is 15.2. The summed E-state index contributed by atoms with van der Waals surface area (Å²) in [5, 5.41) is 6.68. The van der Waals surface area contributed by atoms with E-state index in [4.69, 9.17) is 5.41 Å². The largest absolute Gasteiger partial charge is 0.450 e. The first-order chi connectivity index (χ1) is 3.31. The number of hydrogen-bond acceptors (Lipinski definition) is 2. The Morgan fingerprint density at radius 2 is 2.43 bits per heavy atom. The molecule has 0 aliphatic carbocycles. The zero-order chi connectivity index (χ0) is 5.70. The Morgan fingerprint density at radius 1 is 1.86 bits per heavy atom. The first-order valence-electron chi connectivity index (χ1n) is 2.07. The number of halogens is 1. The fourth-order valence-electron chi connectivity index (χ4n) is 0.168. The molecule has 0 aliphatic heterocycles. The molecule has 0 atom stereocenters. The van der Waals surface area contributed by atoms with Crippen molar-refractivity contribution in [1.29, 1.82) is 5.41 Å². The maximum Gasteiger partial charge on any atom is 0.230 e. The molecule has 0 spiro atoms. The molecule has 0 bridgehead atoms. The first kappa shape index (κ1) is 6.40. The maximum atomic E-state index is 11.1. The third kappa shape index (κ3) is 3.22. The summed E-state index contributed by atoms with van der Waals surface area (Å²) in [6, 6.07) is 0. The fraction of sp³-hybridized carbons (Fsp3) is 0.750. The molecule has 0 fully saturated rings. The lowest BCUT2D eigenvalue weighted by molar-refractivity contribution is 0.174. The van der Waals surface area contributed by atoms with Crippen LogP contribution in [-0.2, 0) is 4.74 Å². The van der Waals surface area contributed by atoms with Gasteiger partial charge in [0.2, 0.25) is 6.86 Å². The van der Waals surface area contributed by atoms with Crippen molar-refractivity contribution in [2.45, 2.75) is 13.3 Å². The zero-order valence-electron chi connectivity index (χ0n) is 4.20. The number of rotatable bonds is 2. The molecule has 0 aromatic rings. The molecule has 1 N–H and O–H groups in total. The zero-order valence-corrected chi connectivity index (χ0v) is 4.20. The Kier molecular flexibility index (Phi) is 3.28. The molecule has 0 aromatic heterocycles. The Morgan fingerprint density at radius 3 is 2.57 bits per heavy atom. The van der Waals surface area contributed by atoms with Gasteiger partial charge in [-0.1, -0.05) is 6.92 Å². The molecule has 3 heteroatoms. The van der Waals surface area contributed by atoms with Crippen molar-refractivity contribution >= 4 is 5.90 Å². The predicted molar refractivity (Wildman–Crippen MR) is 25.1 cm³/mol. The highest BCUT2D eigenvalue weighted by Gasteiger charge is 1.87. The molecular weight excluding hydrogens is 97.0 g/mol. The van der Waals surface area contributed by atoms with E-state index in [2.05, 4.69) is 4.74 Å². The minimum Gasteiger partial charge on any atom is -0.450 e. The molecule has 0 unspecified atom stereocenters. The molecule has 0 saturated heterocycles. The van der Waals surface area contributed by atoms with E-state index in [-0.39, 0.29) is 5.90 Å². The molecule has 0 heterocycles. The topological polar surface area (TPSA) is 33.1 Å². The Balaban J connectivity index is 3.00. The van der Waals surface area contributed by atoms with Gasteiger partial charge in [-0.3, -0.25) is 5.41 Å². The van der Waals surface area contributed by atoms with Crippen molar-refractivity contribution in [1.82, 2.24) is 0 Å². The van der Waals surface area contributed by atoms with Gasteiger partial charge in [0.1, 0.15) is 0 Å². The van der Waals surface area contributed by atoms with E-state index in [0.717, 1.165) is 0 Å². The highest BCUT2D eigenvalue weighted by molar-refractivity contribution is 5.71. The van der Waals surface area contributed by atoms with Crippen molar-refractivity contribution in [3.8, 4) is 0 Å². The van der Waals surface area contributed by atoms with Gasteiger partial charge in [0, 0.05) is 6.42 Å². The van der Waals surface area contributed by atoms with Gasteiger partial charge in [-0.25, -0.2) is 4.39 Å². The van der Waals surface area contributed by atoms with Crippen LogP contribution in [0.1, 0.15) is 13.3 Å². The third-order valence-electron chi connectivity index (χ3n) is 0.550. The van der Waals surface area contributed by atoms with Gasteiger partial charge in [0.05, 0.1) is 0 Å². The van der Waals surface area contributed by atoms with Gasteiger partial charge in [0.15, 0.2) is 5.90 Å². The van der Waals surface area contributed by atoms with Crippen LogP contribution in [0.15, 0.2) is 0 Å². The average Bonchev–Trinajstić information content (AvgIpc) is 1.68. The Hall–Kier alpha value is -0.600. The van der Waals surface area contributed by atoms with Crippen molar-refractivity contribution < 1.29 is 9.13 Å². The van der Waals surface area contributed by atoms with Crippen molar-refractivity contribution in [2.75, 3.05) is 6.86 Å². The fourth-order valence-corrected chi connectivity index (χ4v) is 0.168. The molecule has 0 saturated carbocycles. The van der Waals surface area contributed by atoms with E-state index >= 15 is 0 Å². The van der Waals surface area contributed by atoms with Gasteiger partial charge in [0.25, 0.3) is 0 Å². The second kappa shape index (κ2) is 3.59. The van der Waals surface area contributed by atoms with E-state index in [9.17, 15) is 4.39 Å². The smallest absolute Gasteiger partial charge is 0.230 e. The van der Waals surface area contributed by atoms with E-state index in [0.29, 0.717) is 6.42 Å². The first-order valence-corrected chi connectivity index (χ1v) is 2.07. The van der Waals surface area contributed by atoms with E-state index < -0.39 is 6.86 Å². The van der Waals surface area contributed by atoms with Crippen molar-refractivity contribution in [3.63, 3.8) is 0 Å². The summed E-state index contributed by atoms with van der Waals surface area (Å²) in [6.07, 6.45) is 0.462.